The van der Waals surface area contributed by atoms with E-state index < -0.39 is 0 Å². The van der Waals surface area contributed by atoms with E-state index in [0.717, 1.165) is 11.1 Å². The van der Waals surface area contributed by atoms with E-state index in [4.69, 9.17) is 9.47 Å². The number of pyridine rings is 1. The number of carbonyl (C=O) groups excluding carboxylic acids is 2. The Hall–Kier alpha value is -3.86. The maximum Gasteiger partial charge on any atom is 0.410 e. The average Bonchev–Trinajstić information content (AvgIpc) is 3.33. The Morgan fingerprint density at radius 3 is 2.66 bits per heavy atom. The van der Waals surface area contributed by atoms with E-state index in [-0.39, 0.29) is 24.1 Å². The van der Waals surface area contributed by atoms with Gasteiger partial charge in [-0.3, -0.25) is 9.80 Å². The number of hydrogen-bond acceptors (Lipinski definition) is 9. The minimum absolute atomic E-state index is 0.140. The van der Waals surface area contributed by atoms with Crippen molar-refractivity contribution in [2.45, 2.75) is 52.8 Å². The normalized spacial score (nSPS) is 15.0. The second kappa shape index (κ2) is 10.2. The van der Waals surface area contributed by atoms with Gasteiger partial charge in [-0.15, -0.1) is 10.6 Å². The fraction of sp³-hybridized carbons (Fsp3) is 0.417. The predicted molar refractivity (Wildman–Crippen MR) is 131 cm³/mol. The molecule has 0 spiro atoms. The van der Waals surface area contributed by atoms with Crippen molar-refractivity contribution in [1.82, 2.24) is 26.0 Å². The van der Waals surface area contributed by atoms with Crippen molar-refractivity contribution < 1.29 is 19.1 Å². The SMILES string of the molecule is COc1cc2c(cc1C(=O)Nc1cccc(C3=NNNN3C(C)C)n1)CN(C(=O)OC(C)C)CC2. The molecule has 0 atom stereocenters. The lowest BCUT2D eigenvalue weighted by atomic mass is 9.96. The van der Waals surface area contributed by atoms with Crippen molar-refractivity contribution in [3.63, 3.8) is 0 Å². The predicted octanol–water partition coefficient (Wildman–Crippen LogP) is 2.64. The number of methoxy groups -OCH3 is 1. The van der Waals surface area contributed by atoms with E-state index in [1.807, 2.05) is 44.8 Å². The summed E-state index contributed by atoms with van der Waals surface area (Å²) in [6, 6.07) is 9.12. The molecule has 35 heavy (non-hydrogen) atoms. The summed E-state index contributed by atoms with van der Waals surface area (Å²) in [6.07, 6.45) is 0.0995. The van der Waals surface area contributed by atoms with E-state index in [2.05, 4.69) is 26.5 Å². The lowest BCUT2D eigenvalue weighted by Crippen LogP contribution is -2.45. The molecule has 2 amide bonds. The van der Waals surface area contributed by atoms with Crippen LogP contribution in [0.25, 0.3) is 0 Å². The van der Waals surface area contributed by atoms with Gasteiger partial charge < -0.3 is 19.7 Å². The molecular weight excluding hydrogens is 450 g/mol. The molecule has 0 fully saturated rings. The number of anilines is 1. The number of hydrazine groups is 2. The number of benzene rings is 1. The molecule has 3 heterocycles. The Morgan fingerprint density at radius 2 is 1.94 bits per heavy atom. The van der Waals surface area contributed by atoms with Crippen LogP contribution in [0.15, 0.2) is 35.4 Å². The number of carbonyl (C=O) groups is 2. The fourth-order valence-corrected chi connectivity index (χ4v) is 3.97. The molecule has 2 aliphatic rings. The number of amidine groups is 1. The number of hydrogen-bond donors (Lipinski definition) is 3. The van der Waals surface area contributed by atoms with Gasteiger partial charge in [0.1, 0.15) is 17.3 Å². The molecule has 4 rings (SSSR count). The number of fused-ring (bicyclic) bond motifs is 1. The molecule has 0 unspecified atom stereocenters. The summed E-state index contributed by atoms with van der Waals surface area (Å²) >= 11 is 0. The first-order valence-corrected chi connectivity index (χ1v) is 11.6. The maximum atomic E-state index is 13.2. The summed E-state index contributed by atoms with van der Waals surface area (Å²) < 4.78 is 10.8. The van der Waals surface area contributed by atoms with E-state index in [9.17, 15) is 9.59 Å². The first kappa shape index (κ1) is 24.3. The van der Waals surface area contributed by atoms with E-state index in [1.54, 1.807) is 23.1 Å². The third-order valence-corrected chi connectivity index (χ3v) is 5.67. The van der Waals surface area contributed by atoms with Crippen molar-refractivity contribution in [2.75, 3.05) is 19.0 Å². The largest absolute Gasteiger partial charge is 0.496 e. The summed E-state index contributed by atoms with van der Waals surface area (Å²) in [5, 5.41) is 8.95. The molecule has 2 aromatic rings. The lowest BCUT2D eigenvalue weighted by molar-refractivity contribution is 0.0730. The topological polar surface area (TPSA) is 120 Å². The Bertz CT molecular complexity index is 1150. The quantitative estimate of drug-likeness (QED) is 0.576. The zero-order chi connectivity index (χ0) is 25.1. The molecule has 0 radical (unpaired) electrons. The third kappa shape index (κ3) is 5.29. The first-order chi connectivity index (χ1) is 16.8. The van der Waals surface area contributed by atoms with Gasteiger partial charge in [0, 0.05) is 19.1 Å². The van der Waals surface area contributed by atoms with Gasteiger partial charge in [0.15, 0.2) is 5.84 Å². The number of aromatic nitrogens is 1. The second-order valence-corrected chi connectivity index (χ2v) is 8.91. The minimum Gasteiger partial charge on any atom is -0.496 e. The van der Waals surface area contributed by atoms with Crippen LogP contribution in [-0.4, -0.2) is 58.5 Å². The Labute approximate surface area is 204 Å². The number of nitrogens with zero attached hydrogens (tertiary/aromatic N) is 4. The molecule has 11 nitrogen and oxygen atoms in total. The number of nitrogens with one attached hydrogen (secondary N) is 3. The second-order valence-electron chi connectivity index (χ2n) is 8.91. The highest BCUT2D eigenvalue weighted by atomic mass is 16.6. The molecular formula is C24H31N7O4. The average molecular weight is 482 g/mol. The van der Waals surface area contributed by atoms with Crippen molar-refractivity contribution in [1.29, 1.82) is 0 Å². The maximum absolute atomic E-state index is 13.2. The zero-order valence-corrected chi connectivity index (χ0v) is 20.6. The minimum atomic E-state index is -0.360. The summed E-state index contributed by atoms with van der Waals surface area (Å²) in [7, 11) is 1.53. The van der Waals surface area contributed by atoms with Crippen LogP contribution in [0.1, 0.15) is 54.9 Å². The van der Waals surface area contributed by atoms with Gasteiger partial charge in [0.25, 0.3) is 5.91 Å². The van der Waals surface area contributed by atoms with Gasteiger partial charge in [-0.05, 0) is 69.5 Å². The molecule has 3 N–H and O–H groups in total. The van der Waals surface area contributed by atoms with Crippen LogP contribution in [0.5, 0.6) is 5.75 Å². The van der Waals surface area contributed by atoms with Crippen LogP contribution in [0.2, 0.25) is 0 Å². The Balaban J connectivity index is 1.55. The van der Waals surface area contributed by atoms with Crippen LogP contribution in [0.3, 0.4) is 0 Å². The van der Waals surface area contributed by atoms with Gasteiger partial charge in [-0.1, -0.05) is 6.07 Å². The third-order valence-electron chi connectivity index (χ3n) is 5.67. The molecule has 1 aromatic heterocycles. The summed E-state index contributed by atoms with van der Waals surface area (Å²) in [6.45, 7) is 8.59. The highest BCUT2D eigenvalue weighted by Crippen LogP contribution is 2.29. The van der Waals surface area contributed by atoms with Gasteiger partial charge >= 0.3 is 6.09 Å². The molecule has 0 saturated carbocycles. The van der Waals surface area contributed by atoms with Crippen LogP contribution < -0.4 is 21.1 Å². The molecule has 0 saturated heterocycles. The monoisotopic (exact) mass is 481 g/mol. The van der Waals surface area contributed by atoms with Gasteiger partial charge in [-0.2, -0.15) is 0 Å². The van der Waals surface area contributed by atoms with Crippen molar-refractivity contribution in [3.05, 3.63) is 52.7 Å². The smallest absolute Gasteiger partial charge is 0.410 e. The van der Waals surface area contributed by atoms with Crippen molar-refractivity contribution in [3.8, 4) is 5.75 Å². The lowest BCUT2D eigenvalue weighted by Gasteiger charge is -2.29. The van der Waals surface area contributed by atoms with Crippen molar-refractivity contribution in [2.24, 2.45) is 5.10 Å². The van der Waals surface area contributed by atoms with Gasteiger partial charge in [0.05, 0.1) is 18.8 Å². The fourth-order valence-electron chi connectivity index (χ4n) is 3.97. The Kier molecular flexibility index (Phi) is 7.06. The molecule has 186 valence electrons. The van der Waals surface area contributed by atoms with Gasteiger partial charge in [-0.25, -0.2) is 15.3 Å². The van der Waals surface area contributed by atoms with Crippen LogP contribution in [0, 0.1) is 0 Å². The van der Waals surface area contributed by atoms with Crippen LogP contribution in [0.4, 0.5) is 10.6 Å². The van der Waals surface area contributed by atoms with Crippen molar-refractivity contribution >= 4 is 23.7 Å². The number of hydrazone groups is 1. The highest BCUT2D eigenvalue weighted by Gasteiger charge is 2.26. The summed E-state index contributed by atoms with van der Waals surface area (Å²) in [5.41, 5.74) is 8.58. The van der Waals surface area contributed by atoms with E-state index in [0.29, 0.717) is 48.2 Å². The van der Waals surface area contributed by atoms with Gasteiger partial charge in [0.2, 0.25) is 0 Å². The zero-order valence-electron chi connectivity index (χ0n) is 20.6. The number of ether oxygens (including phenoxy) is 2. The molecule has 11 heteroatoms. The molecule has 1 aromatic carbocycles. The first-order valence-electron chi connectivity index (χ1n) is 11.6. The number of rotatable bonds is 6. The molecule has 0 aliphatic carbocycles. The standard InChI is InChI=1S/C24H31N7O4/c1-14(2)31-22(27-28-29-31)19-7-6-8-21(25-19)26-23(32)18-11-17-13-30(24(33)35-15(3)4)10-9-16(17)12-20(18)34-5/h6-8,11-12,14-15,28-29H,9-10,13H2,1-5H3,(H,25,26,32). The number of amides is 2. The van der Waals surface area contributed by atoms with E-state index in [1.165, 1.54) is 7.11 Å². The van der Waals surface area contributed by atoms with Crippen LogP contribution >= 0.6 is 0 Å². The summed E-state index contributed by atoms with van der Waals surface area (Å²) in [4.78, 5) is 31.8. The highest BCUT2D eigenvalue weighted by molar-refractivity contribution is 6.06. The molecule has 0 bridgehead atoms. The van der Waals surface area contributed by atoms with E-state index >= 15 is 0 Å². The van der Waals surface area contributed by atoms with Crippen LogP contribution in [-0.2, 0) is 17.7 Å². The molecule has 2 aliphatic heterocycles. The summed E-state index contributed by atoms with van der Waals surface area (Å²) in [5.74, 6) is 1.11. The Morgan fingerprint density at radius 1 is 1.14 bits per heavy atom.